The zero-order valence-corrected chi connectivity index (χ0v) is 10.9. The number of methoxy groups -OCH3 is 1. The first-order valence-electron chi connectivity index (χ1n) is 5.89. The van der Waals surface area contributed by atoms with Gasteiger partial charge >= 0.3 is 0 Å². The number of hydrogen-bond donors (Lipinski definition) is 1. The van der Waals surface area contributed by atoms with Gasteiger partial charge in [0.25, 0.3) is 0 Å². The molecular formula is C12H27NO2. The van der Waals surface area contributed by atoms with Crippen LogP contribution in [0, 0.1) is 11.8 Å². The Morgan fingerprint density at radius 3 is 2.13 bits per heavy atom. The first-order chi connectivity index (χ1) is 7.07. The maximum absolute atomic E-state index is 5.74. The van der Waals surface area contributed by atoms with Gasteiger partial charge in [0.1, 0.15) is 0 Å². The highest BCUT2D eigenvalue weighted by molar-refractivity contribution is 4.66. The van der Waals surface area contributed by atoms with Gasteiger partial charge in [0, 0.05) is 13.7 Å². The third-order valence-corrected chi connectivity index (χ3v) is 2.26. The van der Waals surface area contributed by atoms with Crippen LogP contribution in [-0.4, -0.2) is 39.5 Å². The molecule has 0 saturated carbocycles. The van der Waals surface area contributed by atoms with Crippen molar-refractivity contribution < 1.29 is 9.47 Å². The van der Waals surface area contributed by atoms with E-state index in [-0.39, 0.29) is 0 Å². The number of hydrogen-bond acceptors (Lipinski definition) is 3. The first-order valence-corrected chi connectivity index (χ1v) is 5.89. The van der Waals surface area contributed by atoms with Gasteiger partial charge in [0.2, 0.25) is 0 Å². The molecule has 0 aliphatic rings. The van der Waals surface area contributed by atoms with Crippen LogP contribution in [0.25, 0.3) is 0 Å². The molecule has 92 valence electrons. The van der Waals surface area contributed by atoms with Crippen molar-refractivity contribution in [1.29, 1.82) is 0 Å². The van der Waals surface area contributed by atoms with Gasteiger partial charge in [0.05, 0.1) is 19.3 Å². The molecule has 3 nitrogen and oxygen atoms in total. The summed E-state index contributed by atoms with van der Waals surface area (Å²) in [4.78, 5) is 0. The van der Waals surface area contributed by atoms with E-state index in [2.05, 4.69) is 33.0 Å². The molecule has 0 rings (SSSR count). The Hall–Kier alpha value is -0.120. The monoisotopic (exact) mass is 217 g/mol. The summed E-state index contributed by atoms with van der Waals surface area (Å²) in [6, 6.07) is 0. The second-order valence-corrected chi connectivity index (χ2v) is 4.70. The lowest BCUT2D eigenvalue weighted by Gasteiger charge is -2.22. The number of nitrogens with one attached hydrogen (secondary N) is 1. The molecule has 1 N–H and O–H groups in total. The van der Waals surface area contributed by atoms with E-state index in [4.69, 9.17) is 9.47 Å². The van der Waals surface area contributed by atoms with Gasteiger partial charge in [-0.2, -0.15) is 0 Å². The van der Waals surface area contributed by atoms with Crippen LogP contribution in [0.5, 0.6) is 0 Å². The Kier molecular flexibility index (Phi) is 9.06. The van der Waals surface area contributed by atoms with E-state index in [0.29, 0.717) is 31.2 Å². The Morgan fingerprint density at radius 1 is 1.00 bits per heavy atom. The first kappa shape index (κ1) is 14.9. The van der Waals surface area contributed by atoms with E-state index in [9.17, 15) is 0 Å². The van der Waals surface area contributed by atoms with Gasteiger partial charge in [-0.05, 0) is 18.4 Å². The molecule has 0 aromatic rings. The molecule has 0 radical (unpaired) electrons. The maximum atomic E-state index is 5.74. The van der Waals surface area contributed by atoms with Gasteiger partial charge in [-0.1, -0.05) is 27.7 Å². The molecule has 0 amide bonds. The largest absolute Gasteiger partial charge is 0.382 e. The lowest BCUT2D eigenvalue weighted by Crippen LogP contribution is -2.35. The fourth-order valence-corrected chi connectivity index (χ4v) is 1.28. The van der Waals surface area contributed by atoms with Crippen LogP contribution in [0.3, 0.4) is 0 Å². The minimum atomic E-state index is 0.291. The van der Waals surface area contributed by atoms with Crippen molar-refractivity contribution in [2.24, 2.45) is 11.8 Å². The van der Waals surface area contributed by atoms with Crippen molar-refractivity contribution in [1.82, 2.24) is 5.32 Å². The Bertz CT molecular complexity index is 138. The van der Waals surface area contributed by atoms with Crippen LogP contribution in [0.1, 0.15) is 27.7 Å². The van der Waals surface area contributed by atoms with E-state index in [0.717, 1.165) is 13.1 Å². The highest BCUT2D eigenvalue weighted by Crippen LogP contribution is 2.05. The fraction of sp³-hybridized carbons (Fsp3) is 1.00. The predicted molar refractivity (Wildman–Crippen MR) is 64.2 cm³/mol. The quantitative estimate of drug-likeness (QED) is 0.599. The predicted octanol–water partition coefficient (Wildman–Crippen LogP) is 1.92. The summed E-state index contributed by atoms with van der Waals surface area (Å²) in [5.74, 6) is 1.23. The number of ether oxygens (including phenoxy) is 2. The van der Waals surface area contributed by atoms with Crippen molar-refractivity contribution in [2.75, 3.05) is 33.4 Å². The summed E-state index contributed by atoms with van der Waals surface area (Å²) < 4.78 is 10.7. The average molecular weight is 217 g/mol. The van der Waals surface area contributed by atoms with Crippen LogP contribution in [0.4, 0.5) is 0 Å². The average Bonchev–Trinajstić information content (AvgIpc) is 2.15. The molecule has 3 heteroatoms. The Morgan fingerprint density at radius 2 is 1.67 bits per heavy atom. The summed E-state index contributed by atoms with van der Waals surface area (Å²) in [6.45, 7) is 12.1. The molecule has 0 bridgehead atoms. The normalized spacial score (nSPS) is 13.8. The molecular weight excluding hydrogens is 190 g/mol. The van der Waals surface area contributed by atoms with Gasteiger partial charge < -0.3 is 14.8 Å². The standard InChI is InChI=1S/C12H27NO2/c1-10(2)8-13-9-12(11(3)4)15-7-6-14-5/h10-13H,6-9H2,1-5H3. The van der Waals surface area contributed by atoms with E-state index in [1.807, 2.05) is 0 Å². The molecule has 0 aromatic carbocycles. The molecule has 0 heterocycles. The van der Waals surface area contributed by atoms with Gasteiger partial charge in [-0.3, -0.25) is 0 Å². The molecule has 0 spiro atoms. The lowest BCUT2D eigenvalue weighted by atomic mass is 10.1. The smallest absolute Gasteiger partial charge is 0.0723 e. The zero-order chi connectivity index (χ0) is 11.7. The third kappa shape index (κ3) is 8.85. The summed E-state index contributed by atoms with van der Waals surface area (Å²) >= 11 is 0. The van der Waals surface area contributed by atoms with Crippen LogP contribution in [0.2, 0.25) is 0 Å². The molecule has 0 aromatic heterocycles. The molecule has 0 aliphatic carbocycles. The van der Waals surface area contributed by atoms with Crippen molar-refractivity contribution in [3.05, 3.63) is 0 Å². The lowest BCUT2D eigenvalue weighted by molar-refractivity contribution is -0.00480. The molecule has 15 heavy (non-hydrogen) atoms. The van der Waals surface area contributed by atoms with E-state index in [1.165, 1.54) is 0 Å². The Balaban J connectivity index is 3.64. The minimum Gasteiger partial charge on any atom is -0.382 e. The van der Waals surface area contributed by atoms with E-state index < -0.39 is 0 Å². The Labute approximate surface area is 94.5 Å². The summed E-state index contributed by atoms with van der Waals surface area (Å²) in [5, 5.41) is 3.43. The summed E-state index contributed by atoms with van der Waals surface area (Å²) in [5.41, 5.74) is 0. The van der Waals surface area contributed by atoms with Gasteiger partial charge in [0.15, 0.2) is 0 Å². The van der Waals surface area contributed by atoms with E-state index >= 15 is 0 Å². The van der Waals surface area contributed by atoms with E-state index in [1.54, 1.807) is 7.11 Å². The van der Waals surface area contributed by atoms with Crippen LogP contribution >= 0.6 is 0 Å². The van der Waals surface area contributed by atoms with Crippen molar-refractivity contribution in [3.8, 4) is 0 Å². The summed E-state index contributed by atoms with van der Waals surface area (Å²) in [7, 11) is 1.70. The van der Waals surface area contributed by atoms with Crippen molar-refractivity contribution >= 4 is 0 Å². The van der Waals surface area contributed by atoms with Gasteiger partial charge in [-0.15, -0.1) is 0 Å². The van der Waals surface area contributed by atoms with Crippen molar-refractivity contribution in [2.45, 2.75) is 33.8 Å². The second-order valence-electron chi connectivity index (χ2n) is 4.70. The molecule has 1 unspecified atom stereocenters. The summed E-state index contributed by atoms with van der Waals surface area (Å²) in [6.07, 6.45) is 0.291. The van der Waals surface area contributed by atoms with Gasteiger partial charge in [-0.25, -0.2) is 0 Å². The number of rotatable bonds is 9. The van der Waals surface area contributed by atoms with Crippen LogP contribution in [-0.2, 0) is 9.47 Å². The molecule has 0 fully saturated rings. The van der Waals surface area contributed by atoms with Crippen molar-refractivity contribution in [3.63, 3.8) is 0 Å². The second kappa shape index (κ2) is 9.13. The highest BCUT2D eigenvalue weighted by Gasteiger charge is 2.13. The third-order valence-electron chi connectivity index (χ3n) is 2.26. The molecule has 1 atom stereocenters. The zero-order valence-electron chi connectivity index (χ0n) is 10.9. The SMILES string of the molecule is COCCOC(CNCC(C)C)C(C)C. The maximum Gasteiger partial charge on any atom is 0.0723 e. The fourth-order valence-electron chi connectivity index (χ4n) is 1.28. The topological polar surface area (TPSA) is 30.5 Å². The highest BCUT2D eigenvalue weighted by atomic mass is 16.5. The van der Waals surface area contributed by atoms with Crippen LogP contribution in [0.15, 0.2) is 0 Å². The molecule has 0 aliphatic heterocycles. The molecule has 0 saturated heterocycles. The van der Waals surface area contributed by atoms with Crippen LogP contribution < -0.4 is 5.32 Å². The minimum absolute atomic E-state index is 0.291.